The summed E-state index contributed by atoms with van der Waals surface area (Å²) in [6, 6.07) is 0. The fourth-order valence-corrected chi connectivity index (χ4v) is 2.15. The molecule has 1 rings (SSSR count). The standard InChI is InChI=1S/C12H25N3O/c1-2-8-14-9-10-15-11(16)12(13)6-4-3-5-7-12/h14H,2-10,13H2,1H3,(H,15,16). The van der Waals surface area contributed by atoms with E-state index in [2.05, 4.69) is 17.6 Å². The lowest BCUT2D eigenvalue weighted by Gasteiger charge is -2.31. The van der Waals surface area contributed by atoms with Crippen molar-refractivity contribution in [2.45, 2.75) is 51.0 Å². The molecule has 0 atom stereocenters. The first-order valence-corrected chi connectivity index (χ1v) is 6.47. The highest BCUT2D eigenvalue weighted by molar-refractivity contribution is 5.86. The van der Waals surface area contributed by atoms with E-state index < -0.39 is 5.54 Å². The second-order valence-corrected chi connectivity index (χ2v) is 4.72. The molecule has 94 valence electrons. The zero-order valence-corrected chi connectivity index (χ0v) is 10.3. The van der Waals surface area contributed by atoms with Gasteiger partial charge >= 0.3 is 0 Å². The highest BCUT2D eigenvalue weighted by atomic mass is 16.2. The number of rotatable bonds is 6. The molecule has 0 aromatic heterocycles. The molecule has 4 N–H and O–H groups in total. The van der Waals surface area contributed by atoms with E-state index in [1.165, 1.54) is 6.42 Å². The monoisotopic (exact) mass is 227 g/mol. The van der Waals surface area contributed by atoms with Crippen molar-refractivity contribution in [2.24, 2.45) is 5.73 Å². The Morgan fingerprint density at radius 3 is 2.50 bits per heavy atom. The van der Waals surface area contributed by atoms with E-state index in [9.17, 15) is 4.79 Å². The van der Waals surface area contributed by atoms with Gasteiger partial charge in [-0.2, -0.15) is 0 Å². The smallest absolute Gasteiger partial charge is 0.240 e. The molecular formula is C12H25N3O. The molecule has 16 heavy (non-hydrogen) atoms. The van der Waals surface area contributed by atoms with Gasteiger partial charge in [-0.3, -0.25) is 4.79 Å². The van der Waals surface area contributed by atoms with Gasteiger partial charge in [0.2, 0.25) is 5.91 Å². The second kappa shape index (κ2) is 6.86. The Balaban J connectivity index is 2.18. The van der Waals surface area contributed by atoms with Crippen LogP contribution in [0.25, 0.3) is 0 Å². The number of carbonyl (C=O) groups excluding carboxylic acids is 1. The number of hydrogen-bond acceptors (Lipinski definition) is 3. The molecule has 0 bridgehead atoms. The first kappa shape index (κ1) is 13.5. The second-order valence-electron chi connectivity index (χ2n) is 4.72. The minimum Gasteiger partial charge on any atom is -0.353 e. The number of amides is 1. The maximum atomic E-state index is 11.9. The van der Waals surface area contributed by atoms with Gasteiger partial charge in [0.1, 0.15) is 0 Å². The molecule has 4 heteroatoms. The molecule has 0 unspecified atom stereocenters. The average Bonchev–Trinajstić information content (AvgIpc) is 2.29. The Hall–Kier alpha value is -0.610. The summed E-state index contributed by atoms with van der Waals surface area (Å²) in [6.45, 7) is 4.64. The number of hydrogen-bond donors (Lipinski definition) is 3. The van der Waals surface area contributed by atoms with Gasteiger partial charge in [-0.25, -0.2) is 0 Å². The quantitative estimate of drug-likeness (QED) is 0.587. The zero-order valence-electron chi connectivity index (χ0n) is 10.3. The largest absolute Gasteiger partial charge is 0.353 e. The van der Waals surface area contributed by atoms with Crippen LogP contribution < -0.4 is 16.4 Å². The van der Waals surface area contributed by atoms with E-state index in [4.69, 9.17) is 5.73 Å². The van der Waals surface area contributed by atoms with Crippen molar-refractivity contribution in [3.05, 3.63) is 0 Å². The molecule has 1 aliphatic rings. The van der Waals surface area contributed by atoms with Crippen LogP contribution in [0.4, 0.5) is 0 Å². The normalized spacial score (nSPS) is 19.4. The maximum Gasteiger partial charge on any atom is 0.240 e. The van der Waals surface area contributed by atoms with Crippen molar-refractivity contribution in [3.63, 3.8) is 0 Å². The van der Waals surface area contributed by atoms with Crippen LogP contribution in [0.3, 0.4) is 0 Å². The van der Waals surface area contributed by atoms with Crippen molar-refractivity contribution in [1.82, 2.24) is 10.6 Å². The summed E-state index contributed by atoms with van der Waals surface area (Å²) >= 11 is 0. The van der Waals surface area contributed by atoms with E-state index in [1.54, 1.807) is 0 Å². The highest BCUT2D eigenvalue weighted by Gasteiger charge is 2.34. The molecule has 0 aliphatic heterocycles. The summed E-state index contributed by atoms with van der Waals surface area (Å²) in [5.74, 6) is 0.0329. The molecule has 1 aliphatic carbocycles. The third-order valence-corrected chi connectivity index (χ3v) is 3.21. The van der Waals surface area contributed by atoms with Gasteiger partial charge in [0, 0.05) is 13.1 Å². The van der Waals surface area contributed by atoms with Crippen LogP contribution in [-0.4, -0.2) is 31.1 Å². The van der Waals surface area contributed by atoms with Gasteiger partial charge in [0.15, 0.2) is 0 Å². The van der Waals surface area contributed by atoms with E-state index in [1.807, 2.05) is 0 Å². The zero-order chi connectivity index (χ0) is 11.9. The van der Waals surface area contributed by atoms with Crippen LogP contribution in [0, 0.1) is 0 Å². The van der Waals surface area contributed by atoms with Gasteiger partial charge in [-0.1, -0.05) is 26.2 Å². The van der Waals surface area contributed by atoms with Crippen LogP contribution in [0.2, 0.25) is 0 Å². The van der Waals surface area contributed by atoms with E-state index in [0.29, 0.717) is 6.54 Å². The fraction of sp³-hybridized carbons (Fsp3) is 0.917. The molecule has 1 amide bonds. The molecule has 1 fully saturated rings. The number of nitrogens with two attached hydrogens (primary N) is 1. The SMILES string of the molecule is CCCNCCNC(=O)C1(N)CCCCC1. The lowest BCUT2D eigenvalue weighted by atomic mass is 9.82. The fourth-order valence-electron chi connectivity index (χ4n) is 2.15. The van der Waals surface area contributed by atoms with Crippen molar-refractivity contribution < 1.29 is 4.79 Å². The van der Waals surface area contributed by atoms with Gasteiger partial charge < -0.3 is 16.4 Å². The third kappa shape index (κ3) is 4.10. The van der Waals surface area contributed by atoms with Crippen LogP contribution >= 0.6 is 0 Å². The van der Waals surface area contributed by atoms with Crippen LogP contribution in [0.1, 0.15) is 45.4 Å². The number of carbonyl (C=O) groups is 1. The van der Waals surface area contributed by atoms with Gasteiger partial charge in [-0.05, 0) is 25.8 Å². The Morgan fingerprint density at radius 2 is 1.88 bits per heavy atom. The predicted octanol–water partition coefficient (Wildman–Crippen LogP) is 0.764. The molecule has 0 heterocycles. The lowest BCUT2D eigenvalue weighted by Crippen LogP contribution is -2.55. The summed E-state index contributed by atoms with van der Waals surface area (Å²) in [7, 11) is 0. The first-order valence-electron chi connectivity index (χ1n) is 6.47. The molecular weight excluding hydrogens is 202 g/mol. The molecule has 0 spiro atoms. The van der Waals surface area contributed by atoms with Gasteiger partial charge in [0.25, 0.3) is 0 Å². The van der Waals surface area contributed by atoms with E-state index in [0.717, 1.165) is 45.2 Å². The van der Waals surface area contributed by atoms with Crippen molar-refractivity contribution in [3.8, 4) is 0 Å². The Bertz CT molecular complexity index is 212. The summed E-state index contributed by atoms with van der Waals surface area (Å²) in [4.78, 5) is 11.9. The third-order valence-electron chi connectivity index (χ3n) is 3.21. The molecule has 0 aromatic rings. The topological polar surface area (TPSA) is 67.1 Å². The molecule has 0 saturated heterocycles. The molecule has 1 saturated carbocycles. The average molecular weight is 227 g/mol. The van der Waals surface area contributed by atoms with Crippen molar-refractivity contribution >= 4 is 5.91 Å². The summed E-state index contributed by atoms with van der Waals surface area (Å²) in [5, 5.41) is 6.18. The van der Waals surface area contributed by atoms with Gasteiger partial charge in [0.05, 0.1) is 5.54 Å². The van der Waals surface area contributed by atoms with E-state index in [-0.39, 0.29) is 5.91 Å². The Morgan fingerprint density at radius 1 is 1.19 bits per heavy atom. The molecule has 4 nitrogen and oxygen atoms in total. The lowest BCUT2D eigenvalue weighted by molar-refractivity contribution is -0.127. The maximum absolute atomic E-state index is 11.9. The van der Waals surface area contributed by atoms with Crippen molar-refractivity contribution in [1.29, 1.82) is 0 Å². The van der Waals surface area contributed by atoms with Crippen LogP contribution in [0.5, 0.6) is 0 Å². The van der Waals surface area contributed by atoms with Crippen LogP contribution in [-0.2, 0) is 4.79 Å². The highest BCUT2D eigenvalue weighted by Crippen LogP contribution is 2.25. The summed E-state index contributed by atoms with van der Waals surface area (Å²) < 4.78 is 0. The summed E-state index contributed by atoms with van der Waals surface area (Å²) in [6.07, 6.45) is 6.16. The Labute approximate surface area is 98.3 Å². The molecule has 0 aromatic carbocycles. The van der Waals surface area contributed by atoms with Gasteiger partial charge in [-0.15, -0.1) is 0 Å². The van der Waals surface area contributed by atoms with E-state index >= 15 is 0 Å². The predicted molar refractivity (Wildman–Crippen MR) is 66.2 cm³/mol. The first-order chi connectivity index (χ1) is 7.69. The minimum atomic E-state index is -0.594. The summed E-state index contributed by atoms with van der Waals surface area (Å²) in [5.41, 5.74) is 5.52. The number of nitrogens with one attached hydrogen (secondary N) is 2. The molecule has 0 radical (unpaired) electrons. The van der Waals surface area contributed by atoms with Crippen molar-refractivity contribution in [2.75, 3.05) is 19.6 Å². The Kier molecular flexibility index (Phi) is 5.77. The van der Waals surface area contributed by atoms with Crippen LogP contribution in [0.15, 0.2) is 0 Å². The minimum absolute atomic E-state index is 0.0329.